The van der Waals surface area contributed by atoms with Crippen LogP contribution >= 0.6 is 0 Å². The van der Waals surface area contributed by atoms with Crippen LogP contribution in [0.5, 0.6) is 5.75 Å². The van der Waals surface area contributed by atoms with E-state index in [2.05, 4.69) is 38.3 Å². The average Bonchev–Trinajstić information content (AvgIpc) is 2.43. The van der Waals surface area contributed by atoms with Crippen LogP contribution in [0, 0.1) is 13.8 Å². The number of nitrogens with two attached hydrogens (primary N) is 1. The molecule has 2 atom stereocenters. The van der Waals surface area contributed by atoms with Crippen molar-refractivity contribution in [3.63, 3.8) is 0 Å². The van der Waals surface area contributed by atoms with Gasteiger partial charge in [-0.2, -0.15) is 0 Å². The largest absolute Gasteiger partial charge is 0.496 e. The number of hydrogen-bond donors (Lipinski definition) is 2. The Balaban J connectivity index is 3.28. The third kappa shape index (κ3) is 3.32. The summed E-state index contributed by atoms with van der Waals surface area (Å²) in [6.07, 6.45) is 0.875. The van der Waals surface area contributed by atoms with E-state index in [1.807, 2.05) is 13.8 Å². The lowest BCUT2D eigenvalue weighted by atomic mass is 9.85. The van der Waals surface area contributed by atoms with Crippen molar-refractivity contribution in [2.75, 3.05) is 13.7 Å². The van der Waals surface area contributed by atoms with Gasteiger partial charge in [0, 0.05) is 6.61 Å². The number of aryl methyl sites for hydroxylation is 2. The van der Waals surface area contributed by atoms with Crippen LogP contribution < -0.4 is 16.0 Å². The Hall–Kier alpha value is -1.10. The molecule has 0 aromatic heterocycles. The fraction of sp³-hybridized carbons (Fsp3) is 0.625. The van der Waals surface area contributed by atoms with Crippen molar-refractivity contribution in [2.45, 2.75) is 52.7 Å². The topological polar surface area (TPSA) is 56.5 Å². The molecule has 0 aliphatic carbocycles. The van der Waals surface area contributed by atoms with Crippen LogP contribution in [-0.2, 0) is 4.74 Å². The summed E-state index contributed by atoms with van der Waals surface area (Å²) in [4.78, 5) is 0. The molecule has 0 spiro atoms. The molecule has 0 fully saturated rings. The molecule has 0 aliphatic rings. The highest BCUT2D eigenvalue weighted by atomic mass is 16.5. The van der Waals surface area contributed by atoms with Crippen molar-refractivity contribution < 1.29 is 9.47 Å². The molecular weight excluding hydrogens is 252 g/mol. The lowest BCUT2D eigenvalue weighted by Crippen LogP contribution is -2.46. The molecule has 0 saturated carbocycles. The minimum Gasteiger partial charge on any atom is -0.496 e. The predicted octanol–water partition coefficient (Wildman–Crippen LogP) is 3.02. The van der Waals surface area contributed by atoms with Crippen LogP contribution in [0.4, 0.5) is 0 Å². The van der Waals surface area contributed by atoms with Crippen LogP contribution in [0.1, 0.15) is 49.9 Å². The minimum atomic E-state index is -0.338. The quantitative estimate of drug-likeness (QED) is 0.595. The SMILES string of the molecule is CCOC(C)(CC)C(NN)c1cc(C)c(OC)cc1C. The summed E-state index contributed by atoms with van der Waals surface area (Å²) in [5.74, 6) is 6.72. The molecule has 1 aromatic carbocycles. The number of hydrazine groups is 1. The van der Waals surface area contributed by atoms with Gasteiger partial charge in [-0.1, -0.05) is 13.0 Å². The van der Waals surface area contributed by atoms with Crippen LogP contribution in [-0.4, -0.2) is 19.3 Å². The van der Waals surface area contributed by atoms with Gasteiger partial charge in [0.05, 0.1) is 18.8 Å². The molecule has 0 saturated heterocycles. The fourth-order valence-electron chi connectivity index (χ4n) is 2.66. The van der Waals surface area contributed by atoms with Gasteiger partial charge < -0.3 is 9.47 Å². The Morgan fingerprint density at radius 1 is 1.25 bits per heavy atom. The highest BCUT2D eigenvalue weighted by Gasteiger charge is 2.35. The summed E-state index contributed by atoms with van der Waals surface area (Å²) in [5.41, 5.74) is 6.00. The fourth-order valence-corrected chi connectivity index (χ4v) is 2.66. The van der Waals surface area contributed by atoms with Crippen molar-refractivity contribution in [1.82, 2.24) is 5.43 Å². The van der Waals surface area contributed by atoms with Gasteiger partial charge in [0.2, 0.25) is 0 Å². The number of benzene rings is 1. The maximum Gasteiger partial charge on any atom is 0.122 e. The highest BCUT2D eigenvalue weighted by Crippen LogP contribution is 2.35. The Morgan fingerprint density at radius 2 is 1.90 bits per heavy atom. The van der Waals surface area contributed by atoms with E-state index >= 15 is 0 Å². The summed E-state index contributed by atoms with van der Waals surface area (Å²) in [6, 6.07) is 4.12. The van der Waals surface area contributed by atoms with Crippen LogP contribution in [0.25, 0.3) is 0 Å². The van der Waals surface area contributed by atoms with Crippen molar-refractivity contribution in [3.05, 3.63) is 28.8 Å². The molecule has 0 bridgehead atoms. The van der Waals surface area contributed by atoms with E-state index in [4.69, 9.17) is 15.3 Å². The first kappa shape index (κ1) is 17.0. The number of ether oxygens (including phenoxy) is 2. The van der Waals surface area contributed by atoms with Gasteiger partial charge in [0.25, 0.3) is 0 Å². The summed E-state index contributed by atoms with van der Waals surface area (Å²) in [5, 5.41) is 0. The summed E-state index contributed by atoms with van der Waals surface area (Å²) in [6.45, 7) is 11.0. The molecule has 0 amide bonds. The molecule has 0 radical (unpaired) electrons. The van der Waals surface area contributed by atoms with E-state index in [1.54, 1.807) is 7.11 Å². The molecule has 20 heavy (non-hydrogen) atoms. The molecule has 0 aliphatic heterocycles. The van der Waals surface area contributed by atoms with Gasteiger partial charge in [-0.25, -0.2) is 0 Å². The van der Waals surface area contributed by atoms with Gasteiger partial charge >= 0.3 is 0 Å². The zero-order chi connectivity index (χ0) is 15.3. The first-order chi connectivity index (χ1) is 9.43. The number of hydrogen-bond acceptors (Lipinski definition) is 4. The Labute approximate surface area is 122 Å². The van der Waals surface area contributed by atoms with Crippen LogP contribution in [0.2, 0.25) is 0 Å². The van der Waals surface area contributed by atoms with Crippen molar-refractivity contribution >= 4 is 0 Å². The smallest absolute Gasteiger partial charge is 0.122 e. The Morgan fingerprint density at radius 3 is 2.35 bits per heavy atom. The maximum absolute atomic E-state index is 5.96. The second-order valence-electron chi connectivity index (χ2n) is 5.38. The van der Waals surface area contributed by atoms with E-state index in [1.165, 1.54) is 0 Å². The van der Waals surface area contributed by atoms with Gasteiger partial charge in [0.15, 0.2) is 0 Å². The zero-order valence-electron chi connectivity index (χ0n) is 13.5. The Kier molecular flexibility index (Phi) is 5.99. The summed E-state index contributed by atoms with van der Waals surface area (Å²) in [7, 11) is 1.69. The standard InChI is InChI=1S/C16H28N2O2/c1-7-16(5,20-8-2)15(18-17)13-9-12(4)14(19-6)10-11(13)3/h9-10,15,18H,7-8,17H2,1-6H3. The molecule has 3 N–H and O–H groups in total. The second kappa shape index (κ2) is 7.07. The predicted molar refractivity (Wildman–Crippen MR) is 82.9 cm³/mol. The van der Waals surface area contributed by atoms with Crippen molar-refractivity contribution in [3.8, 4) is 5.75 Å². The number of methoxy groups -OCH3 is 1. The van der Waals surface area contributed by atoms with E-state index in [-0.39, 0.29) is 11.6 Å². The van der Waals surface area contributed by atoms with Crippen LogP contribution in [0.15, 0.2) is 12.1 Å². The first-order valence-electron chi connectivity index (χ1n) is 7.18. The van der Waals surface area contributed by atoms with Gasteiger partial charge in [0.1, 0.15) is 5.75 Å². The first-order valence-corrected chi connectivity index (χ1v) is 7.18. The van der Waals surface area contributed by atoms with E-state index in [0.29, 0.717) is 6.61 Å². The van der Waals surface area contributed by atoms with E-state index in [9.17, 15) is 0 Å². The molecule has 114 valence electrons. The third-order valence-corrected chi connectivity index (χ3v) is 4.05. The van der Waals surface area contributed by atoms with E-state index < -0.39 is 0 Å². The number of nitrogens with one attached hydrogen (secondary N) is 1. The second-order valence-corrected chi connectivity index (χ2v) is 5.38. The molecular formula is C16H28N2O2. The lowest BCUT2D eigenvalue weighted by molar-refractivity contribution is -0.0565. The zero-order valence-corrected chi connectivity index (χ0v) is 13.5. The number of rotatable bonds is 7. The molecule has 0 heterocycles. The van der Waals surface area contributed by atoms with Crippen LogP contribution in [0.3, 0.4) is 0 Å². The highest BCUT2D eigenvalue weighted by molar-refractivity contribution is 5.43. The molecule has 1 aromatic rings. The molecule has 4 heteroatoms. The third-order valence-electron chi connectivity index (χ3n) is 4.05. The summed E-state index contributed by atoms with van der Waals surface area (Å²) >= 11 is 0. The van der Waals surface area contributed by atoms with Gasteiger partial charge in [-0.15, -0.1) is 0 Å². The molecule has 2 unspecified atom stereocenters. The monoisotopic (exact) mass is 280 g/mol. The van der Waals surface area contributed by atoms with Gasteiger partial charge in [-0.3, -0.25) is 11.3 Å². The lowest BCUT2D eigenvalue weighted by Gasteiger charge is -2.37. The minimum absolute atomic E-state index is 0.0583. The summed E-state index contributed by atoms with van der Waals surface area (Å²) < 4.78 is 11.3. The average molecular weight is 280 g/mol. The van der Waals surface area contributed by atoms with E-state index in [0.717, 1.165) is 28.9 Å². The normalized spacial score (nSPS) is 15.8. The molecule has 1 rings (SSSR count). The van der Waals surface area contributed by atoms with Crippen molar-refractivity contribution in [2.24, 2.45) is 5.84 Å². The Bertz CT molecular complexity index is 448. The molecule has 4 nitrogen and oxygen atoms in total. The van der Waals surface area contributed by atoms with Crippen molar-refractivity contribution in [1.29, 1.82) is 0 Å². The van der Waals surface area contributed by atoms with Gasteiger partial charge in [-0.05, 0) is 56.9 Å². The maximum atomic E-state index is 5.96.